The summed E-state index contributed by atoms with van der Waals surface area (Å²) in [7, 11) is 1.72. The van der Waals surface area contributed by atoms with E-state index >= 15 is 0 Å². The van der Waals surface area contributed by atoms with E-state index in [4.69, 9.17) is 5.11 Å². The number of carbonyl (C=O) groups is 2. The zero-order chi connectivity index (χ0) is 12.6. The van der Waals surface area contributed by atoms with Crippen LogP contribution in [0, 0.1) is 11.8 Å². The number of halogens is 1. The number of carboxylic acid groups (broad SMARTS) is 1. The number of aliphatic carboxylic acids is 1. The second-order valence-corrected chi connectivity index (χ2v) is 6.73. The average Bonchev–Trinajstić information content (AvgIpc) is 2.96. The summed E-state index contributed by atoms with van der Waals surface area (Å²) in [6, 6.07) is 3.90. The first-order chi connectivity index (χ1) is 7.99. The van der Waals surface area contributed by atoms with Gasteiger partial charge in [-0.3, -0.25) is 9.59 Å². The predicted octanol–water partition coefficient (Wildman–Crippen LogP) is 2.19. The molecule has 1 aromatic heterocycles. The molecule has 4 nitrogen and oxygen atoms in total. The Kier molecular flexibility index (Phi) is 3.53. The quantitative estimate of drug-likeness (QED) is 0.926. The summed E-state index contributed by atoms with van der Waals surface area (Å²) in [5, 5.41) is 8.77. The van der Waals surface area contributed by atoms with Gasteiger partial charge in [0.05, 0.1) is 22.2 Å². The van der Waals surface area contributed by atoms with E-state index in [1.165, 1.54) is 0 Å². The van der Waals surface area contributed by atoms with Crippen LogP contribution < -0.4 is 0 Å². The summed E-state index contributed by atoms with van der Waals surface area (Å²) < 4.78 is 1.03. The molecular weight excluding hydrogens is 306 g/mol. The molecule has 0 bridgehead atoms. The first-order valence-corrected chi connectivity index (χ1v) is 6.82. The molecule has 0 spiro atoms. The molecule has 1 aromatic rings. The van der Waals surface area contributed by atoms with Gasteiger partial charge in [0.1, 0.15) is 0 Å². The maximum atomic E-state index is 11.9. The van der Waals surface area contributed by atoms with E-state index in [-0.39, 0.29) is 11.8 Å². The number of thiophene rings is 1. The standard InChI is InChI=1S/C11H12BrNO3S/c1-13(5-6-2-3-9(12)17-6)10(14)7-4-8(7)11(15)16/h2-3,7-8H,4-5H2,1H3,(H,15,16). The highest BCUT2D eigenvalue weighted by Gasteiger charge is 2.49. The molecule has 1 amide bonds. The van der Waals surface area contributed by atoms with Gasteiger partial charge in [-0.25, -0.2) is 0 Å². The average molecular weight is 318 g/mol. The van der Waals surface area contributed by atoms with Gasteiger partial charge in [-0.2, -0.15) is 0 Å². The number of nitrogens with zero attached hydrogens (tertiary/aromatic N) is 1. The SMILES string of the molecule is CN(Cc1ccc(Br)s1)C(=O)C1CC1C(=O)O. The molecule has 0 aliphatic heterocycles. The highest BCUT2D eigenvalue weighted by Crippen LogP contribution is 2.40. The third kappa shape index (κ3) is 2.87. The Hall–Kier alpha value is -0.880. The number of amides is 1. The van der Waals surface area contributed by atoms with E-state index in [9.17, 15) is 9.59 Å². The summed E-state index contributed by atoms with van der Waals surface area (Å²) >= 11 is 4.95. The van der Waals surface area contributed by atoms with Crippen LogP contribution in [0.3, 0.4) is 0 Å². The molecule has 1 N–H and O–H groups in total. The van der Waals surface area contributed by atoms with Crippen LogP contribution in [-0.4, -0.2) is 28.9 Å². The van der Waals surface area contributed by atoms with Gasteiger partial charge in [-0.05, 0) is 34.5 Å². The van der Waals surface area contributed by atoms with Crippen LogP contribution >= 0.6 is 27.3 Å². The van der Waals surface area contributed by atoms with Gasteiger partial charge in [0, 0.05) is 11.9 Å². The lowest BCUT2D eigenvalue weighted by atomic mass is 10.3. The van der Waals surface area contributed by atoms with Crippen molar-refractivity contribution >= 4 is 39.1 Å². The Morgan fingerprint density at radius 2 is 2.24 bits per heavy atom. The van der Waals surface area contributed by atoms with E-state index in [1.54, 1.807) is 23.3 Å². The minimum Gasteiger partial charge on any atom is -0.481 e. The van der Waals surface area contributed by atoms with Gasteiger partial charge in [-0.1, -0.05) is 0 Å². The van der Waals surface area contributed by atoms with Crippen molar-refractivity contribution in [3.05, 3.63) is 20.8 Å². The molecule has 6 heteroatoms. The number of rotatable bonds is 4. The van der Waals surface area contributed by atoms with Crippen molar-refractivity contribution in [2.24, 2.45) is 11.8 Å². The molecular formula is C11H12BrNO3S. The van der Waals surface area contributed by atoms with Crippen molar-refractivity contribution in [2.45, 2.75) is 13.0 Å². The highest BCUT2D eigenvalue weighted by molar-refractivity contribution is 9.11. The number of carbonyl (C=O) groups excluding carboxylic acids is 1. The third-order valence-electron chi connectivity index (χ3n) is 2.82. The Balaban J connectivity index is 1.91. The van der Waals surface area contributed by atoms with Crippen LogP contribution in [0.5, 0.6) is 0 Å². The minimum absolute atomic E-state index is 0.0677. The number of hydrogen-bond donors (Lipinski definition) is 1. The zero-order valence-electron chi connectivity index (χ0n) is 9.22. The molecule has 0 saturated heterocycles. The van der Waals surface area contributed by atoms with Crippen molar-refractivity contribution < 1.29 is 14.7 Å². The Bertz CT molecular complexity index is 459. The smallest absolute Gasteiger partial charge is 0.307 e. The van der Waals surface area contributed by atoms with Crippen LogP contribution in [-0.2, 0) is 16.1 Å². The molecule has 0 radical (unpaired) electrons. The predicted molar refractivity (Wildman–Crippen MR) is 67.7 cm³/mol. The van der Waals surface area contributed by atoms with Crippen molar-refractivity contribution in [3.63, 3.8) is 0 Å². The molecule has 92 valence electrons. The normalized spacial score (nSPS) is 22.2. The Morgan fingerprint density at radius 1 is 1.53 bits per heavy atom. The van der Waals surface area contributed by atoms with E-state index in [0.717, 1.165) is 8.66 Å². The first-order valence-electron chi connectivity index (χ1n) is 5.21. The molecule has 1 aliphatic rings. The number of hydrogen-bond acceptors (Lipinski definition) is 3. The fourth-order valence-corrected chi connectivity index (χ4v) is 3.31. The first kappa shape index (κ1) is 12.6. The fourth-order valence-electron chi connectivity index (χ4n) is 1.77. The van der Waals surface area contributed by atoms with E-state index < -0.39 is 11.9 Å². The zero-order valence-corrected chi connectivity index (χ0v) is 11.6. The van der Waals surface area contributed by atoms with Gasteiger partial charge < -0.3 is 10.0 Å². The highest BCUT2D eigenvalue weighted by atomic mass is 79.9. The molecule has 1 fully saturated rings. The maximum absolute atomic E-state index is 11.9. The van der Waals surface area contributed by atoms with E-state index in [0.29, 0.717) is 13.0 Å². The molecule has 17 heavy (non-hydrogen) atoms. The molecule has 2 unspecified atom stereocenters. The monoisotopic (exact) mass is 317 g/mol. The Morgan fingerprint density at radius 3 is 2.71 bits per heavy atom. The lowest BCUT2D eigenvalue weighted by molar-refractivity contribution is -0.141. The van der Waals surface area contributed by atoms with Gasteiger partial charge in [-0.15, -0.1) is 11.3 Å². The fraction of sp³-hybridized carbons (Fsp3) is 0.455. The summed E-state index contributed by atoms with van der Waals surface area (Å²) in [6.07, 6.45) is 0.479. The molecule has 2 rings (SSSR count). The Labute approximate surface area is 111 Å². The summed E-state index contributed by atoms with van der Waals surface area (Å²) in [5.41, 5.74) is 0. The van der Waals surface area contributed by atoms with Crippen LogP contribution in [0.15, 0.2) is 15.9 Å². The van der Waals surface area contributed by atoms with E-state index in [1.807, 2.05) is 12.1 Å². The second kappa shape index (κ2) is 4.78. The van der Waals surface area contributed by atoms with Crippen LogP contribution in [0.4, 0.5) is 0 Å². The van der Waals surface area contributed by atoms with Gasteiger partial charge in [0.15, 0.2) is 0 Å². The van der Waals surface area contributed by atoms with Crippen molar-refractivity contribution in [2.75, 3.05) is 7.05 Å². The van der Waals surface area contributed by atoms with Crippen LogP contribution in [0.2, 0.25) is 0 Å². The van der Waals surface area contributed by atoms with Crippen LogP contribution in [0.25, 0.3) is 0 Å². The molecule has 2 atom stereocenters. The van der Waals surface area contributed by atoms with Gasteiger partial charge >= 0.3 is 5.97 Å². The molecule has 1 saturated carbocycles. The molecule has 1 heterocycles. The minimum atomic E-state index is -0.865. The lowest BCUT2D eigenvalue weighted by Crippen LogP contribution is -2.28. The van der Waals surface area contributed by atoms with Gasteiger partial charge in [0.2, 0.25) is 5.91 Å². The van der Waals surface area contributed by atoms with Gasteiger partial charge in [0.25, 0.3) is 0 Å². The summed E-state index contributed by atoms with van der Waals surface area (Å²) in [6.45, 7) is 0.540. The van der Waals surface area contributed by atoms with Crippen molar-refractivity contribution in [1.29, 1.82) is 0 Å². The van der Waals surface area contributed by atoms with E-state index in [2.05, 4.69) is 15.9 Å². The maximum Gasteiger partial charge on any atom is 0.307 e. The van der Waals surface area contributed by atoms with Crippen molar-refractivity contribution in [3.8, 4) is 0 Å². The largest absolute Gasteiger partial charge is 0.481 e. The third-order valence-corrected chi connectivity index (χ3v) is 4.43. The number of carboxylic acids is 1. The summed E-state index contributed by atoms with van der Waals surface area (Å²) in [5.74, 6) is -1.72. The summed E-state index contributed by atoms with van der Waals surface area (Å²) in [4.78, 5) is 25.3. The molecule has 1 aliphatic carbocycles. The van der Waals surface area contributed by atoms with Crippen LogP contribution in [0.1, 0.15) is 11.3 Å². The molecule has 0 aromatic carbocycles. The second-order valence-electron chi connectivity index (χ2n) is 4.19. The van der Waals surface area contributed by atoms with Crippen molar-refractivity contribution in [1.82, 2.24) is 4.90 Å². The topological polar surface area (TPSA) is 57.6 Å². The lowest BCUT2D eigenvalue weighted by Gasteiger charge is -2.15.